The molecule has 0 heterocycles. The molecule has 0 spiro atoms. The predicted molar refractivity (Wildman–Crippen MR) is 59.0 cm³/mol. The maximum Gasteiger partial charge on any atom is 0.131 e. The van der Waals surface area contributed by atoms with Gasteiger partial charge in [0.05, 0.1) is 0 Å². The van der Waals surface area contributed by atoms with Crippen molar-refractivity contribution in [1.29, 1.82) is 0 Å². The fourth-order valence-electron chi connectivity index (χ4n) is 1.50. The summed E-state index contributed by atoms with van der Waals surface area (Å²) in [5.41, 5.74) is 6.53. The van der Waals surface area contributed by atoms with Gasteiger partial charge in [-0.3, -0.25) is 0 Å². The van der Waals surface area contributed by atoms with E-state index in [-0.39, 0.29) is 18.2 Å². The second-order valence-corrected chi connectivity index (χ2v) is 2.96. The van der Waals surface area contributed by atoms with E-state index in [1.54, 1.807) is 12.1 Å². The molecule has 0 aliphatic carbocycles. The molecular weight excluding hydrogens is 201 g/mol. The van der Waals surface area contributed by atoms with Crippen LogP contribution in [-0.2, 0) is 6.54 Å². The Hall–Kier alpha value is -1.12. The molecule has 0 aliphatic rings. The first-order valence-corrected chi connectivity index (χ1v) is 4.19. The zero-order valence-electron chi connectivity index (χ0n) is 7.53. The van der Waals surface area contributed by atoms with E-state index in [0.717, 1.165) is 10.9 Å². The zero-order chi connectivity index (χ0) is 9.26. The van der Waals surface area contributed by atoms with Gasteiger partial charge in [0.15, 0.2) is 0 Å². The van der Waals surface area contributed by atoms with E-state index < -0.39 is 0 Å². The first-order valence-electron chi connectivity index (χ1n) is 4.19. The SMILES string of the molecule is Cl.NCc1ccc(F)c2ccccc12. The van der Waals surface area contributed by atoms with E-state index in [4.69, 9.17) is 5.73 Å². The van der Waals surface area contributed by atoms with Crippen LogP contribution in [0.4, 0.5) is 4.39 Å². The Kier molecular flexibility index (Phi) is 3.44. The monoisotopic (exact) mass is 211 g/mol. The van der Waals surface area contributed by atoms with Crippen LogP contribution < -0.4 is 5.73 Å². The summed E-state index contributed by atoms with van der Waals surface area (Å²) in [6.07, 6.45) is 0. The van der Waals surface area contributed by atoms with Crippen LogP contribution in [0.5, 0.6) is 0 Å². The van der Waals surface area contributed by atoms with Crippen molar-refractivity contribution in [3.8, 4) is 0 Å². The molecular formula is C11H11ClFN. The van der Waals surface area contributed by atoms with E-state index in [0.29, 0.717) is 11.9 Å². The van der Waals surface area contributed by atoms with Crippen molar-refractivity contribution in [2.75, 3.05) is 0 Å². The van der Waals surface area contributed by atoms with Gasteiger partial charge >= 0.3 is 0 Å². The Morgan fingerprint density at radius 3 is 2.29 bits per heavy atom. The number of rotatable bonds is 1. The van der Waals surface area contributed by atoms with Crippen LogP contribution in [0.15, 0.2) is 36.4 Å². The Bertz CT molecular complexity index is 442. The minimum absolute atomic E-state index is 0. The second-order valence-electron chi connectivity index (χ2n) is 2.96. The van der Waals surface area contributed by atoms with E-state index >= 15 is 0 Å². The highest BCUT2D eigenvalue weighted by Crippen LogP contribution is 2.20. The van der Waals surface area contributed by atoms with E-state index in [2.05, 4.69) is 0 Å². The third kappa shape index (κ3) is 1.72. The van der Waals surface area contributed by atoms with E-state index in [1.165, 1.54) is 6.07 Å². The van der Waals surface area contributed by atoms with Crippen molar-refractivity contribution in [2.24, 2.45) is 5.73 Å². The summed E-state index contributed by atoms with van der Waals surface area (Å²) in [6, 6.07) is 10.6. The Morgan fingerprint density at radius 2 is 1.64 bits per heavy atom. The molecule has 0 radical (unpaired) electrons. The van der Waals surface area contributed by atoms with Crippen LogP contribution in [0, 0.1) is 5.82 Å². The predicted octanol–water partition coefficient (Wildman–Crippen LogP) is 2.86. The molecule has 1 nitrogen and oxygen atoms in total. The summed E-state index contributed by atoms with van der Waals surface area (Å²) < 4.78 is 13.3. The lowest BCUT2D eigenvalue weighted by Crippen LogP contribution is -1.97. The third-order valence-corrected chi connectivity index (χ3v) is 2.18. The number of benzene rings is 2. The van der Waals surface area contributed by atoms with Crippen LogP contribution in [0.2, 0.25) is 0 Å². The highest BCUT2D eigenvalue weighted by molar-refractivity contribution is 5.86. The molecule has 0 bridgehead atoms. The molecule has 0 aliphatic heterocycles. The maximum atomic E-state index is 13.3. The van der Waals surface area contributed by atoms with Crippen LogP contribution in [-0.4, -0.2) is 0 Å². The highest BCUT2D eigenvalue weighted by atomic mass is 35.5. The fourth-order valence-corrected chi connectivity index (χ4v) is 1.50. The number of hydrogen-bond donors (Lipinski definition) is 1. The minimum Gasteiger partial charge on any atom is -0.326 e. The Balaban J connectivity index is 0.000000980. The molecule has 2 rings (SSSR count). The first kappa shape index (κ1) is 11.0. The molecule has 0 saturated heterocycles. The summed E-state index contributed by atoms with van der Waals surface area (Å²) in [4.78, 5) is 0. The molecule has 0 saturated carbocycles. The van der Waals surface area contributed by atoms with Gasteiger partial charge < -0.3 is 5.73 Å². The molecule has 0 aromatic heterocycles. The van der Waals surface area contributed by atoms with Crippen LogP contribution in [0.3, 0.4) is 0 Å². The lowest BCUT2D eigenvalue weighted by Gasteiger charge is -2.04. The Labute approximate surface area is 88.1 Å². The van der Waals surface area contributed by atoms with Gasteiger partial charge in [-0.05, 0) is 17.0 Å². The van der Waals surface area contributed by atoms with Crippen molar-refractivity contribution >= 4 is 23.2 Å². The van der Waals surface area contributed by atoms with Crippen molar-refractivity contribution in [2.45, 2.75) is 6.54 Å². The Morgan fingerprint density at radius 1 is 1.00 bits per heavy atom. The molecule has 74 valence electrons. The van der Waals surface area contributed by atoms with Gasteiger partial charge in [0, 0.05) is 11.9 Å². The largest absolute Gasteiger partial charge is 0.326 e. The second kappa shape index (κ2) is 4.40. The zero-order valence-corrected chi connectivity index (χ0v) is 8.35. The number of halogens is 2. The summed E-state index contributed by atoms with van der Waals surface area (Å²) in [7, 11) is 0. The van der Waals surface area contributed by atoms with Gasteiger partial charge in [-0.15, -0.1) is 12.4 Å². The number of nitrogens with two attached hydrogens (primary N) is 1. The van der Waals surface area contributed by atoms with Crippen LogP contribution in [0.1, 0.15) is 5.56 Å². The summed E-state index contributed by atoms with van der Waals surface area (Å²) in [6.45, 7) is 0.445. The number of hydrogen-bond acceptors (Lipinski definition) is 1. The molecule has 0 amide bonds. The molecule has 2 aromatic rings. The molecule has 0 unspecified atom stereocenters. The van der Waals surface area contributed by atoms with E-state index in [1.807, 2.05) is 18.2 Å². The van der Waals surface area contributed by atoms with Gasteiger partial charge in [0.2, 0.25) is 0 Å². The van der Waals surface area contributed by atoms with Crippen molar-refractivity contribution in [3.05, 3.63) is 47.8 Å². The third-order valence-electron chi connectivity index (χ3n) is 2.18. The van der Waals surface area contributed by atoms with Crippen molar-refractivity contribution < 1.29 is 4.39 Å². The molecule has 3 heteroatoms. The van der Waals surface area contributed by atoms with Gasteiger partial charge in [-0.25, -0.2) is 4.39 Å². The lowest BCUT2D eigenvalue weighted by atomic mass is 10.0. The van der Waals surface area contributed by atoms with Gasteiger partial charge in [-0.2, -0.15) is 0 Å². The minimum atomic E-state index is -0.187. The average molecular weight is 212 g/mol. The first-order chi connectivity index (χ1) is 6.33. The smallest absolute Gasteiger partial charge is 0.131 e. The summed E-state index contributed by atoms with van der Waals surface area (Å²) in [5, 5.41) is 1.55. The average Bonchev–Trinajstić information content (AvgIpc) is 2.19. The standard InChI is InChI=1S/C11H10FN.ClH/c12-11-6-5-8(7-13)9-3-1-2-4-10(9)11;/h1-6H,7,13H2;1H. The fraction of sp³-hybridized carbons (Fsp3) is 0.0909. The van der Waals surface area contributed by atoms with Crippen LogP contribution >= 0.6 is 12.4 Å². The lowest BCUT2D eigenvalue weighted by molar-refractivity contribution is 0.639. The summed E-state index contributed by atoms with van der Waals surface area (Å²) >= 11 is 0. The van der Waals surface area contributed by atoms with E-state index in [9.17, 15) is 4.39 Å². The molecule has 2 N–H and O–H groups in total. The highest BCUT2D eigenvalue weighted by Gasteiger charge is 2.02. The van der Waals surface area contributed by atoms with Gasteiger partial charge in [0.25, 0.3) is 0 Å². The quantitative estimate of drug-likeness (QED) is 0.771. The normalized spacial score (nSPS) is 9.86. The topological polar surface area (TPSA) is 26.0 Å². The molecule has 2 aromatic carbocycles. The maximum absolute atomic E-state index is 13.3. The molecule has 14 heavy (non-hydrogen) atoms. The van der Waals surface area contributed by atoms with Crippen molar-refractivity contribution in [3.63, 3.8) is 0 Å². The summed E-state index contributed by atoms with van der Waals surface area (Å²) in [5.74, 6) is -0.187. The van der Waals surface area contributed by atoms with Gasteiger partial charge in [-0.1, -0.05) is 30.3 Å². The van der Waals surface area contributed by atoms with Crippen molar-refractivity contribution in [1.82, 2.24) is 0 Å². The van der Waals surface area contributed by atoms with Crippen LogP contribution in [0.25, 0.3) is 10.8 Å². The molecule has 0 atom stereocenters. The van der Waals surface area contributed by atoms with Gasteiger partial charge in [0.1, 0.15) is 5.82 Å². The molecule has 0 fully saturated rings. The number of fused-ring (bicyclic) bond motifs is 1.